The standard InChI is InChI=1S/C22H20O7/c1-12-17(28-13(2)21(24)26-3)10-9-16-19(23)18(29-20(12)16)11-14-5-7-15(8-6-14)22(25)27-4/h5-11,13H,1-4H3/b18-11-. The van der Waals surface area contributed by atoms with Crippen LogP contribution in [0.1, 0.15) is 38.8 Å². The highest BCUT2D eigenvalue weighted by Gasteiger charge is 2.30. The van der Waals surface area contributed by atoms with Crippen molar-refractivity contribution in [2.24, 2.45) is 0 Å². The number of allylic oxidation sites excluding steroid dienone is 1. The number of hydrogen-bond donors (Lipinski definition) is 0. The van der Waals surface area contributed by atoms with Gasteiger partial charge in [-0.25, -0.2) is 9.59 Å². The first-order valence-corrected chi connectivity index (χ1v) is 8.86. The molecule has 1 heterocycles. The lowest BCUT2D eigenvalue weighted by Crippen LogP contribution is -2.25. The summed E-state index contributed by atoms with van der Waals surface area (Å²) in [5.41, 5.74) is 2.13. The van der Waals surface area contributed by atoms with Crippen LogP contribution in [0.4, 0.5) is 0 Å². The minimum Gasteiger partial charge on any atom is -0.479 e. The predicted octanol–water partition coefficient (Wildman–Crippen LogP) is 3.34. The first-order chi connectivity index (χ1) is 13.8. The minimum atomic E-state index is -0.794. The summed E-state index contributed by atoms with van der Waals surface area (Å²) in [7, 11) is 2.60. The molecule has 1 unspecified atom stereocenters. The van der Waals surface area contributed by atoms with E-state index >= 15 is 0 Å². The van der Waals surface area contributed by atoms with E-state index in [0.29, 0.717) is 33.8 Å². The van der Waals surface area contributed by atoms with Gasteiger partial charge in [0.15, 0.2) is 11.9 Å². The monoisotopic (exact) mass is 396 g/mol. The summed E-state index contributed by atoms with van der Waals surface area (Å²) in [5.74, 6) is -0.216. The van der Waals surface area contributed by atoms with Crippen LogP contribution in [0.3, 0.4) is 0 Å². The van der Waals surface area contributed by atoms with Gasteiger partial charge in [0.25, 0.3) is 0 Å². The molecule has 0 fully saturated rings. The van der Waals surface area contributed by atoms with E-state index in [1.807, 2.05) is 0 Å². The summed E-state index contributed by atoms with van der Waals surface area (Å²) in [5, 5.41) is 0. The number of hydrogen-bond acceptors (Lipinski definition) is 7. The van der Waals surface area contributed by atoms with Gasteiger partial charge in [-0.3, -0.25) is 4.79 Å². The normalized spacial score (nSPS) is 14.8. The number of carbonyl (C=O) groups is 3. The zero-order valence-corrected chi connectivity index (χ0v) is 16.5. The SMILES string of the molecule is COC(=O)c1ccc(/C=C2\Oc3c(ccc(OC(C)C(=O)OC)c3C)C2=O)cc1. The van der Waals surface area contributed by atoms with E-state index in [1.165, 1.54) is 14.2 Å². The molecule has 7 nitrogen and oxygen atoms in total. The van der Waals surface area contributed by atoms with E-state index in [4.69, 9.17) is 9.47 Å². The maximum atomic E-state index is 12.7. The summed E-state index contributed by atoms with van der Waals surface area (Å²) >= 11 is 0. The van der Waals surface area contributed by atoms with Gasteiger partial charge >= 0.3 is 11.9 Å². The largest absolute Gasteiger partial charge is 0.479 e. The van der Waals surface area contributed by atoms with E-state index < -0.39 is 18.0 Å². The quantitative estimate of drug-likeness (QED) is 0.566. The Hall–Kier alpha value is -3.61. The van der Waals surface area contributed by atoms with Gasteiger partial charge in [0, 0.05) is 5.56 Å². The molecule has 0 aliphatic carbocycles. The van der Waals surface area contributed by atoms with E-state index in [1.54, 1.807) is 56.3 Å². The number of ether oxygens (including phenoxy) is 4. The van der Waals surface area contributed by atoms with Crippen molar-refractivity contribution in [3.05, 3.63) is 64.4 Å². The Labute approximate surface area is 167 Å². The Balaban J connectivity index is 1.85. The molecule has 2 aromatic carbocycles. The number of benzene rings is 2. The molecule has 0 N–H and O–H groups in total. The van der Waals surface area contributed by atoms with Crippen molar-refractivity contribution < 1.29 is 33.3 Å². The average Bonchev–Trinajstić information content (AvgIpc) is 3.05. The van der Waals surface area contributed by atoms with Gasteiger partial charge in [0.2, 0.25) is 5.78 Å². The Bertz CT molecular complexity index is 1000. The van der Waals surface area contributed by atoms with E-state index in [-0.39, 0.29) is 11.5 Å². The van der Waals surface area contributed by atoms with Crippen molar-refractivity contribution >= 4 is 23.8 Å². The molecule has 1 aliphatic heterocycles. The molecule has 0 saturated carbocycles. The molecule has 150 valence electrons. The molecule has 3 rings (SSSR count). The smallest absolute Gasteiger partial charge is 0.346 e. The van der Waals surface area contributed by atoms with Gasteiger partial charge in [-0.05, 0) is 49.8 Å². The fourth-order valence-electron chi connectivity index (χ4n) is 2.88. The van der Waals surface area contributed by atoms with Crippen LogP contribution in [-0.2, 0) is 14.3 Å². The van der Waals surface area contributed by atoms with Crippen LogP contribution in [-0.4, -0.2) is 38.0 Å². The van der Waals surface area contributed by atoms with Crippen LogP contribution in [0.5, 0.6) is 11.5 Å². The summed E-state index contributed by atoms with van der Waals surface area (Å²) in [6.45, 7) is 3.33. The molecule has 0 aromatic heterocycles. The molecular formula is C22H20O7. The Kier molecular flexibility index (Phi) is 5.68. The lowest BCUT2D eigenvalue weighted by atomic mass is 10.1. The molecule has 0 bridgehead atoms. The van der Waals surface area contributed by atoms with Crippen molar-refractivity contribution in [2.45, 2.75) is 20.0 Å². The number of ketones is 1. The van der Waals surface area contributed by atoms with E-state index in [0.717, 1.165) is 0 Å². The molecule has 0 radical (unpaired) electrons. The Morgan fingerprint density at radius 2 is 1.72 bits per heavy atom. The van der Waals surface area contributed by atoms with Crippen molar-refractivity contribution in [1.29, 1.82) is 0 Å². The van der Waals surface area contributed by atoms with Gasteiger partial charge in [-0.2, -0.15) is 0 Å². The number of fused-ring (bicyclic) bond motifs is 1. The fraction of sp³-hybridized carbons (Fsp3) is 0.227. The topological polar surface area (TPSA) is 88.1 Å². The van der Waals surface area contributed by atoms with Crippen molar-refractivity contribution in [1.82, 2.24) is 0 Å². The molecule has 0 saturated heterocycles. The third kappa shape index (κ3) is 3.99. The average molecular weight is 396 g/mol. The first-order valence-electron chi connectivity index (χ1n) is 8.86. The highest BCUT2D eigenvalue weighted by Crippen LogP contribution is 2.39. The lowest BCUT2D eigenvalue weighted by Gasteiger charge is -2.15. The number of rotatable bonds is 5. The van der Waals surface area contributed by atoms with E-state index in [9.17, 15) is 14.4 Å². The molecule has 2 aromatic rings. The van der Waals surface area contributed by atoms with Crippen LogP contribution in [0, 0.1) is 6.92 Å². The number of methoxy groups -OCH3 is 2. The molecule has 1 atom stereocenters. The summed E-state index contributed by atoms with van der Waals surface area (Å²) in [6.07, 6.45) is 0.803. The fourth-order valence-corrected chi connectivity index (χ4v) is 2.88. The summed E-state index contributed by atoms with van der Waals surface area (Å²) in [6, 6.07) is 9.83. The van der Waals surface area contributed by atoms with Gasteiger partial charge in [0.1, 0.15) is 11.5 Å². The second-order valence-electron chi connectivity index (χ2n) is 6.40. The van der Waals surface area contributed by atoms with Gasteiger partial charge in [-0.15, -0.1) is 0 Å². The molecule has 0 amide bonds. The second kappa shape index (κ2) is 8.18. The molecule has 7 heteroatoms. The summed E-state index contributed by atoms with van der Waals surface area (Å²) < 4.78 is 20.7. The number of esters is 2. The van der Waals surface area contributed by atoms with Crippen molar-refractivity contribution in [3.63, 3.8) is 0 Å². The minimum absolute atomic E-state index is 0.159. The van der Waals surface area contributed by atoms with Crippen molar-refractivity contribution in [3.8, 4) is 11.5 Å². The number of carbonyl (C=O) groups excluding carboxylic acids is 3. The van der Waals surface area contributed by atoms with Crippen LogP contribution >= 0.6 is 0 Å². The third-order valence-electron chi connectivity index (χ3n) is 4.50. The number of Topliss-reactive ketones (excluding diaryl/α,β-unsaturated/α-hetero) is 1. The maximum absolute atomic E-state index is 12.7. The molecule has 29 heavy (non-hydrogen) atoms. The predicted molar refractivity (Wildman–Crippen MR) is 104 cm³/mol. The van der Waals surface area contributed by atoms with Crippen LogP contribution in [0.2, 0.25) is 0 Å². The third-order valence-corrected chi connectivity index (χ3v) is 4.50. The van der Waals surface area contributed by atoms with Gasteiger partial charge in [-0.1, -0.05) is 12.1 Å². The highest BCUT2D eigenvalue weighted by atomic mass is 16.6. The van der Waals surface area contributed by atoms with Crippen LogP contribution in [0.25, 0.3) is 6.08 Å². The van der Waals surface area contributed by atoms with Crippen LogP contribution in [0.15, 0.2) is 42.2 Å². The zero-order valence-electron chi connectivity index (χ0n) is 16.5. The molecular weight excluding hydrogens is 376 g/mol. The molecule has 0 spiro atoms. The highest BCUT2D eigenvalue weighted by molar-refractivity contribution is 6.15. The van der Waals surface area contributed by atoms with E-state index in [2.05, 4.69) is 9.47 Å². The molecule has 1 aliphatic rings. The zero-order chi connectivity index (χ0) is 21.1. The van der Waals surface area contributed by atoms with Crippen molar-refractivity contribution in [2.75, 3.05) is 14.2 Å². The van der Waals surface area contributed by atoms with Crippen LogP contribution < -0.4 is 9.47 Å². The Morgan fingerprint density at radius 1 is 1.03 bits per heavy atom. The Morgan fingerprint density at radius 3 is 2.34 bits per heavy atom. The lowest BCUT2D eigenvalue weighted by molar-refractivity contribution is -0.147. The first kappa shape index (κ1) is 20.1. The van der Waals surface area contributed by atoms with Gasteiger partial charge < -0.3 is 18.9 Å². The van der Waals surface area contributed by atoms with Gasteiger partial charge in [0.05, 0.1) is 25.3 Å². The summed E-state index contributed by atoms with van der Waals surface area (Å²) in [4.78, 5) is 35.8. The second-order valence-corrected chi connectivity index (χ2v) is 6.40. The maximum Gasteiger partial charge on any atom is 0.346 e.